The van der Waals surface area contributed by atoms with Crippen LogP contribution in [0.3, 0.4) is 0 Å². The number of hydrogen-bond acceptors (Lipinski definition) is 2. The molecular weight excluding hydrogens is 256 g/mol. The van der Waals surface area contributed by atoms with Gasteiger partial charge in [0.05, 0.1) is 0 Å². The first kappa shape index (κ1) is 16.5. The molecule has 1 N–H and O–H groups in total. The van der Waals surface area contributed by atoms with Gasteiger partial charge in [-0.3, -0.25) is 0 Å². The lowest BCUT2D eigenvalue weighted by Crippen LogP contribution is -2.49. The molecule has 0 amide bonds. The fraction of sp³-hybridized carbons (Fsp3) is 0.684. The van der Waals surface area contributed by atoms with Gasteiger partial charge in [0.25, 0.3) is 0 Å². The highest BCUT2D eigenvalue weighted by Crippen LogP contribution is 2.33. The van der Waals surface area contributed by atoms with Crippen LogP contribution >= 0.6 is 0 Å². The van der Waals surface area contributed by atoms with E-state index in [4.69, 9.17) is 0 Å². The van der Waals surface area contributed by atoms with Crippen LogP contribution in [-0.2, 0) is 0 Å². The van der Waals surface area contributed by atoms with Crippen LogP contribution in [-0.4, -0.2) is 37.6 Å². The first-order chi connectivity index (χ1) is 10.1. The lowest BCUT2D eigenvalue weighted by Gasteiger charge is -2.37. The summed E-state index contributed by atoms with van der Waals surface area (Å²) >= 11 is 0. The van der Waals surface area contributed by atoms with E-state index in [2.05, 4.69) is 68.5 Å². The van der Waals surface area contributed by atoms with Gasteiger partial charge in [0.15, 0.2) is 0 Å². The Bertz CT molecular complexity index is 399. The van der Waals surface area contributed by atoms with Crippen molar-refractivity contribution in [3.63, 3.8) is 0 Å². The first-order valence-corrected chi connectivity index (χ1v) is 8.53. The van der Waals surface area contributed by atoms with E-state index in [0.717, 1.165) is 6.54 Å². The van der Waals surface area contributed by atoms with Gasteiger partial charge in [-0.25, -0.2) is 0 Å². The molecule has 0 radical (unpaired) electrons. The molecule has 0 aliphatic heterocycles. The van der Waals surface area contributed by atoms with Crippen molar-refractivity contribution in [3.05, 3.63) is 35.9 Å². The summed E-state index contributed by atoms with van der Waals surface area (Å²) in [5, 5.41) is 3.99. The predicted octanol–water partition coefficient (Wildman–Crippen LogP) is 3.89. The highest BCUT2D eigenvalue weighted by atomic mass is 15.1. The molecule has 21 heavy (non-hydrogen) atoms. The molecule has 2 heteroatoms. The summed E-state index contributed by atoms with van der Waals surface area (Å²) in [4.78, 5) is 2.30. The van der Waals surface area contributed by atoms with Crippen molar-refractivity contribution in [2.75, 3.05) is 20.6 Å². The zero-order valence-corrected chi connectivity index (χ0v) is 14.2. The number of rotatable bonds is 6. The van der Waals surface area contributed by atoms with Crippen LogP contribution in [0.5, 0.6) is 0 Å². The number of nitrogens with one attached hydrogen (secondary N) is 1. The molecule has 2 rings (SSSR count). The van der Waals surface area contributed by atoms with Crippen molar-refractivity contribution in [1.82, 2.24) is 10.2 Å². The Morgan fingerprint density at radius 3 is 2.38 bits per heavy atom. The number of nitrogens with zero attached hydrogens (tertiary/aromatic N) is 1. The van der Waals surface area contributed by atoms with Gasteiger partial charge in [0.1, 0.15) is 0 Å². The summed E-state index contributed by atoms with van der Waals surface area (Å²) in [5.74, 6) is 1.36. The molecule has 2 nitrogen and oxygen atoms in total. The van der Waals surface area contributed by atoms with Crippen LogP contribution in [0.2, 0.25) is 0 Å². The zero-order chi connectivity index (χ0) is 15.2. The quantitative estimate of drug-likeness (QED) is 0.854. The van der Waals surface area contributed by atoms with Gasteiger partial charge >= 0.3 is 0 Å². The third kappa shape index (κ3) is 4.82. The summed E-state index contributed by atoms with van der Waals surface area (Å²) in [7, 11) is 4.35. The van der Waals surface area contributed by atoms with Crippen LogP contribution in [0.4, 0.5) is 0 Å². The van der Waals surface area contributed by atoms with Gasteiger partial charge in [0.2, 0.25) is 0 Å². The van der Waals surface area contributed by atoms with Gasteiger partial charge in [-0.05, 0) is 44.3 Å². The van der Waals surface area contributed by atoms with Crippen molar-refractivity contribution < 1.29 is 0 Å². The Labute approximate surface area is 130 Å². The smallest absolute Gasteiger partial charge is 0.0220 e. The molecule has 0 bridgehead atoms. The number of benzene rings is 1. The van der Waals surface area contributed by atoms with E-state index in [0.29, 0.717) is 23.9 Å². The summed E-state index contributed by atoms with van der Waals surface area (Å²) in [6.45, 7) is 5.79. The first-order valence-electron chi connectivity index (χ1n) is 8.53. The second-order valence-electron chi connectivity index (χ2n) is 7.19. The van der Waals surface area contributed by atoms with Gasteiger partial charge in [-0.15, -0.1) is 0 Å². The maximum absolute atomic E-state index is 3.99. The van der Waals surface area contributed by atoms with Crippen LogP contribution in [0, 0.1) is 5.92 Å². The van der Waals surface area contributed by atoms with E-state index in [9.17, 15) is 0 Å². The minimum atomic E-state index is 0.578. The highest BCUT2D eigenvalue weighted by Gasteiger charge is 2.29. The Morgan fingerprint density at radius 1 is 1.10 bits per heavy atom. The number of likely N-dealkylation sites (N-methyl/N-ethyl adjacent to an activating group) is 1. The van der Waals surface area contributed by atoms with Gasteiger partial charge < -0.3 is 10.2 Å². The molecule has 1 saturated carbocycles. The van der Waals surface area contributed by atoms with Crippen molar-refractivity contribution in [2.45, 2.75) is 57.5 Å². The lowest BCUT2D eigenvalue weighted by atomic mass is 9.79. The normalized spacial score (nSPS) is 24.5. The predicted molar refractivity (Wildman–Crippen MR) is 91.8 cm³/mol. The second-order valence-corrected chi connectivity index (χ2v) is 7.19. The molecule has 1 aliphatic rings. The number of hydrogen-bond donors (Lipinski definition) is 1. The van der Waals surface area contributed by atoms with Crippen LogP contribution < -0.4 is 5.32 Å². The fourth-order valence-electron chi connectivity index (χ4n) is 3.55. The summed E-state index contributed by atoms with van der Waals surface area (Å²) in [5.41, 5.74) is 1.52. The van der Waals surface area contributed by atoms with E-state index in [1.807, 2.05) is 0 Å². The molecule has 1 aliphatic carbocycles. The van der Waals surface area contributed by atoms with E-state index >= 15 is 0 Å². The topological polar surface area (TPSA) is 15.3 Å². The van der Waals surface area contributed by atoms with Gasteiger partial charge in [0, 0.05) is 18.6 Å². The van der Waals surface area contributed by atoms with Crippen molar-refractivity contribution in [2.24, 2.45) is 5.92 Å². The molecule has 1 fully saturated rings. The SMILES string of the molecule is CC(C)C(CN(C)C)NC1CCCCC1c1ccccc1. The average Bonchev–Trinajstić information content (AvgIpc) is 2.47. The molecule has 3 unspecified atom stereocenters. The van der Waals surface area contributed by atoms with Crippen LogP contribution in [0.1, 0.15) is 51.0 Å². The third-order valence-corrected chi connectivity index (χ3v) is 4.79. The van der Waals surface area contributed by atoms with E-state index < -0.39 is 0 Å². The van der Waals surface area contributed by atoms with Crippen molar-refractivity contribution in [3.8, 4) is 0 Å². The molecule has 0 heterocycles. The minimum Gasteiger partial charge on any atom is -0.309 e. The summed E-state index contributed by atoms with van der Waals surface area (Å²) in [6.07, 6.45) is 5.39. The molecule has 1 aromatic rings. The average molecular weight is 288 g/mol. The van der Waals surface area contributed by atoms with E-state index in [1.54, 1.807) is 0 Å². The highest BCUT2D eigenvalue weighted by molar-refractivity contribution is 5.22. The minimum absolute atomic E-state index is 0.578. The standard InChI is InChI=1S/C19H32N2/c1-15(2)19(14-21(3)4)20-18-13-9-8-12-17(18)16-10-6-5-7-11-16/h5-7,10-11,15,17-20H,8-9,12-14H2,1-4H3. The maximum atomic E-state index is 3.99. The van der Waals surface area contributed by atoms with E-state index in [1.165, 1.54) is 31.2 Å². The third-order valence-electron chi connectivity index (χ3n) is 4.79. The Hall–Kier alpha value is -0.860. The Morgan fingerprint density at radius 2 is 1.76 bits per heavy atom. The van der Waals surface area contributed by atoms with E-state index in [-0.39, 0.29) is 0 Å². The molecule has 0 saturated heterocycles. The fourth-order valence-corrected chi connectivity index (χ4v) is 3.55. The molecular formula is C19H32N2. The Balaban J connectivity index is 2.07. The zero-order valence-electron chi connectivity index (χ0n) is 14.2. The van der Waals surface area contributed by atoms with Crippen LogP contribution in [0.25, 0.3) is 0 Å². The Kier molecular flexibility index (Phi) is 6.25. The van der Waals surface area contributed by atoms with Gasteiger partial charge in [-0.2, -0.15) is 0 Å². The lowest BCUT2D eigenvalue weighted by molar-refractivity contribution is 0.230. The largest absolute Gasteiger partial charge is 0.309 e. The summed E-state index contributed by atoms with van der Waals surface area (Å²) < 4.78 is 0. The van der Waals surface area contributed by atoms with Crippen molar-refractivity contribution in [1.29, 1.82) is 0 Å². The molecule has 1 aromatic carbocycles. The van der Waals surface area contributed by atoms with Crippen LogP contribution in [0.15, 0.2) is 30.3 Å². The second kappa shape index (κ2) is 7.95. The maximum Gasteiger partial charge on any atom is 0.0220 e. The summed E-state index contributed by atoms with van der Waals surface area (Å²) in [6, 6.07) is 12.3. The van der Waals surface area contributed by atoms with Gasteiger partial charge in [-0.1, -0.05) is 57.0 Å². The molecule has 0 spiro atoms. The molecule has 3 atom stereocenters. The molecule has 118 valence electrons. The van der Waals surface area contributed by atoms with Crippen molar-refractivity contribution >= 4 is 0 Å². The monoisotopic (exact) mass is 288 g/mol. The molecule has 0 aromatic heterocycles.